The number of nitrogens with zero attached hydrogens (tertiary/aromatic N) is 1. The van der Waals surface area contributed by atoms with Crippen LogP contribution in [0.1, 0.15) is 46.5 Å². The van der Waals surface area contributed by atoms with Crippen LogP contribution in [0.15, 0.2) is 23.3 Å². The summed E-state index contributed by atoms with van der Waals surface area (Å²) < 4.78 is 0. The third kappa shape index (κ3) is 6.69. The van der Waals surface area contributed by atoms with Crippen molar-refractivity contribution >= 4 is 0 Å². The van der Waals surface area contributed by atoms with Gasteiger partial charge in [0, 0.05) is 6.54 Å². The van der Waals surface area contributed by atoms with Crippen LogP contribution in [-0.4, -0.2) is 47.5 Å². The Morgan fingerprint density at radius 3 is 2.40 bits per heavy atom. The molecule has 0 aliphatic carbocycles. The Bertz CT molecular complexity index is 324. The van der Waals surface area contributed by atoms with Crippen LogP contribution in [0, 0.1) is 5.92 Å². The number of aliphatic hydroxyl groups excluding tert-OH is 2. The fourth-order valence-corrected chi connectivity index (χ4v) is 2.64. The normalized spacial score (nSPS) is 19.9. The molecule has 1 rings (SSSR count). The van der Waals surface area contributed by atoms with Crippen LogP contribution in [0.25, 0.3) is 0 Å². The third-order valence-electron chi connectivity index (χ3n) is 4.15. The average Bonchev–Trinajstić information content (AvgIpc) is 2.44. The molecule has 116 valence electrons. The van der Waals surface area contributed by atoms with E-state index < -0.39 is 6.10 Å². The maximum Gasteiger partial charge on any atom is 0.0799 e. The number of allylic oxidation sites excluding steroid dienone is 3. The number of hydrogen-bond acceptors (Lipinski definition) is 3. The lowest BCUT2D eigenvalue weighted by atomic mass is 9.91. The quantitative estimate of drug-likeness (QED) is 0.705. The van der Waals surface area contributed by atoms with E-state index in [9.17, 15) is 5.11 Å². The maximum atomic E-state index is 9.64. The lowest BCUT2D eigenvalue weighted by molar-refractivity contribution is 0.0200. The van der Waals surface area contributed by atoms with Crippen molar-refractivity contribution in [3.05, 3.63) is 23.3 Å². The molecule has 1 unspecified atom stereocenters. The highest BCUT2D eigenvalue weighted by Crippen LogP contribution is 2.20. The van der Waals surface area contributed by atoms with Gasteiger partial charge in [-0.3, -0.25) is 4.90 Å². The summed E-state index contributed by atoms with van der Waals surface area (Å²) in [4.78, 5) is 2.44. The van der Waals surface area contributed by atoms with E-state index in [-0.39, 0.29) is 12.5 Å². The first kappa shape index (κ1) is 17.4. The van der Waals surface area contributed by atoms with Gasteiger partial charge in [0.25, 0.3) is 0 Å². The van der Waals surface area contributed by atoms with E-state index in [0.29, 0.717) is 0 Å². The van der Waals surface area contributed by atoms with Gasteiger partial charge >= 0.3 is 0 Å². The first-order chi connectivity index (χ1) is 9.52. The van der Waals surface area contributed by atoms with E-state index >= 15 is 0 Å². The molecular formula is C17H31NO2. The molecule has 1 saturated heterocycles. The Labute approximate surface area is 124 Å². The highest BCUT2D eigenvalue weighted by Gasteiger charge is 2.23. The number of hydrogen-bond donors (Lipinski definition) is 2. The SMILES string of the molecule is CC(C)=CCC/C(C)=C/CN1CCC(C(O)CO)CC1. The summed E-state index contributed by atoms with van der Waals surface area (Å²) in [6, 6.07) is 0. The zero-order valence-electron chi connectivity index (χ0n) is 13.3. The zero-order valence-corrected chi connectivity index (χ0v) is 13.3. The van der Waals surface area contributed by atoms with Crippen LogP contribution in [0.5, 0.6) is 0 Å². The smallest absolute Gasteiger partial charge is 0.0799 e. The van der Waals surface area contributed by atoms with Crippen molar-refractivity contribution in [2.75, 3.05) is 26.2 Å². The molecule has 0 aromatic heterocycles. The molecule has 0 spiro atoms. The molecule has 1 atom stereocenters. The number of rotatable bonds is 7. The summed E-state index contributed by atoms with van der Waals surface area (Å²) in [6.45, 7) is 9.46. The van der Waals surface area contributed by atoms with E-state index in [2.05, 4.69) is 37.8 Å². The van der Waals surface area contributed by atoms with Gasteiger partial charge in [0.15, 0.2) is 0 Å². The largest absolute Gasteiger partial charge is 0.394 e. The summed E-state index contributed by atoms with van der Waals surface area (Å²) in [5.41, 5.74) is 2.85. The molecular weight excluding hydrogens is 250 g/mol. The van der Waals surface area contributed by atoms with Crippen molar-refractivity contribution in [1.82, 2.24) is 4.90 Å². The monoisotopic (exact) mass is 281 g/mol. The van der Waals surface area contributed by atoms with Gasteiger partial charge in [-0.1, -0.05) is 23.3 Å². The van der Waals surface area contributed by atoms with Gasteiger partial charge in [0.2, 0.25) is 0 Å². The Morgan fingerprint density at radius 2 is 1.85 bits per heavy atom. The van der Waals surface area contributed by atoms with E-state index in [1.54, 1.807) is 0 Å². The van der Waals surface area contributed by atoms with Crippen molar-refractivity contribution in [3.63, 3.8) is 0 Å². The van der Waals surface area contributed by atoms with Crippen molar-refractivity contribution < 1.29 is 10.2 Å². The molecule has 1 aliphatic heterocycles. The minimum absolute atomic E-state index is 0.103. The predicted molar refractivity (Wildman–Crippen MR) is 84.7 cm³/mol. The topological polar surface area (TPSA) is 43.7 Å². The molecule has 0 amide bonds. The molecule has 20 heavy (non-hydrogen) atoms. The standard InChI is InChI=1S/C17H31NO2/c1-14(2)5-4-6-15(3)7-10-18-11-8-16(9-12-18)17(20)13-19/h5,7,16-17,19-20H,4,6,8-13H2,1-3H3/b15-7+. The zero-order chi connectivity index (χ0) is 15.0. The summed E-state index contributed by atoms with van der Waals surface area (Å²) in [6.07, 6.45) is 8.36. The minimum Gasteiger partial charge on any atom is -0.394 e. The van der Waals surface area contributed by atoms with Gasteiger partial charge in [0.05, 0.1) is 12.7 Å². The molecule has 0 radical (unpaired) electrons. The second-order valence-corrected chi connectivity index (χ2v) is 6.26. The molecule has 0 aromatic rings. The highest BCUT2D eigenvalue weighted by atomic mass is 16.3. The summed E-state index contributed by atoms with van der Waals surface area (Å²) >= 11 is 0. The van der Waals surface area contributed by atoms with Crippen LogP contribution < -0.4 is 0 Å². The van der Waals surface area contributed by atoms with Gasteiger partial charge in [-0.25, -0.2) is 0 Å². The van der Waals surface area contributed by atoms with Crippen LogP contribution in [0.3, 0.4) is 0 Å². The molecule has 0 aromatic carbocycles. The lowest BCUT2D eigenvalue weighted by Crippen LogP contribution is -2.38. The lowest BCUT2D eigenvalue weighted by Gasteiger charge is -2.33. The summed E-state index contributed by atoms with van der Waals surface area (Å²) in [7, 11) is 0. The van der Waals surface area contributed by atoms with E-state index in [1.807, 2.05) is 0 Å². The summed E-state index contributed by atoms with van der Waals surface area (Å²) in [5, 5.41) is 18.6. The first-order valence-corrected chi connectivity index (χ1v) is 7.83. The Hall–Kier alpha value is -0.640. The van der Waals surface area contributed by atoms with Crippen molar-refractivity contribution in [2.24, 2.45) is 5.92 Å². The first-order valence-electron chi connectivity index (χ1n) is 7.83. The van der Waals surface area contributed by atoms with Crippen molar-refractivity contribution in [3.8, 4) is 0 Å². The number of likely N-dealkylation sites (tertiary alicyclic amines) is 1. The number of piperidine rings is 1. The van der Waals surface area contributed by atoms with Crippen molar-refractivity contribution in [2.45, 2.75) is 52.6 Å². The Morgan fingerprint density at radius 1 is 1.20 bits per heavy atom. The molecule has 1 aliphatic rings. The van der Waals surface area contributed by atoms with E-state index in [1.165, 1.54) is 11.1 Å². The van der Waals surface area contributed by atoms with Crippen molar-refractivity contribution in [1.29, 1.82) is 0 Å². The molecule has 2 N–H and O–H groups in total. The van der Waals surface area contributed by atoms with Gasteiger partial charge in [-0.15, -0.1) is 0 Å². The van der Waals surface area contributed by atoms with Crippen LogP contribution in [-0.2, 0) is 0 Å². The average molecular weight is 281 g/mol. The second-order valence-electron chi connectivity index (χ2n) is 6.26. The fourth-order valence-electron chi connectivity index (χ4n) is 2.64. The molecule has 0 bridgehead atoms. The van der Waals surface area contributed by atoms with Gasteiger partial charge < -0.3 is 10.2 Å². The summed E-state index contributed by atoms with van der Waals surface area (Å²) in [5.74, 6) is 0.277. The molecule has 3 heteroatoms. The Balaban J connectivity index is 2.24. The highest BCUT2D eigenvalue weighted by molar-refractivity contribution is 5.03. The van der Waals surface area contributed by atoms with Gasteiger partial charge in [0.1, 0.15) is 0 Å². The van der Waals surface area contributed by atoms with Gasteiger partial charge in [-0.2, -0.15) is 0 Å². The van der Waals surface area contributed by atoms with Crippen LogP contribution in [0.2, 0.25) is 0 Å². The fraction of sp³-hybridized carbons (Fsp3) is 0.765. The Kier molecular flexibility index (Phi) is 8.12. The second kappa shape index (κ2) is 9.32. The maximum absolute atomic E-state index is 9.64. The van der Waals surface area contributed by atoms with Crippen LogP contribution >= 0.6 is 0 Å². The van der Waals surface area contributed by atoms with Crippen LogP contribution in [0.4, 0.5) is 0 Å². The molecule has 1 fully saturated rings. The predicted octanol–water partition coefficient (Wildman–Crippen LogP) is 2.74. The molecule has 0 saturated carbocycles. The minimum atomic E-state index is -0.529. The third-order valence-corrected chi connectivity index (χ3v) is 4.15. The van der Waals surface area contributed by atoms with E-state index in [4.69, 9.17) is 5.11 Å². The van der Waals surface area contributed by atoms with Gasteiger partial charge in [-0.05, 0) is 65.5 Å². The molecule has 1 heterocycles. The van der Waals surface area contributed by atoms with E-state index in [0.717, 1.165) is 45.3 Å². The number of aliphatic hydroxyl groups is 2. The molecule has 3 nitrogen and oxygen atoms in total.